The van der Waals surface area contributed by atoms with Crippen LogP contribution in [0, 0.1) is 52.9 Å². The normalized spacial score (nSPS) is 21.6. The van der Waals surface area contributed by atoms with Crippen LogP contribution >= 0.6 is 34.8 Å². The number of likely N-dealkylation sites (tertiary alicyclic amines) is 1. The van der Waals surface area contributed by atoms with Gasteiger partial charge in [-0.2, -0.15) is 57.1 Å². The molecule has 18 N–H and O–H groups in total. The Morgan fingerprint density at radius 3 is 1.45 bits per heavy atom. The fraction of sp³-hybridized carbons (Fsp3) is 0.466. The molecular formula is C88H102Cl3F13N22O13. The summed E-state index contributed by atoms with van der Waals surface area (Å²) >= 11 is 17.4. The van der Waals surface area contributed by atoms with Gasteiger partial charge in [-0.3, -0.25) is 28.8 Å². The van der Waals surface area contributed by atoms with Gasteiger partial charge in [0, 0.05) is 103 Å². The Hall–Kier alpha value is -12.7. The lowest BCUT2D eigenvalue weighted by Gasteiger charge is -2.45. The summed E-state index contributed by atoms with van der Waals surface area (Å²) in [5.74, 6) is -11.6. The number of alkyl halides is 9. The maximum Gasteiger partial charge on any atom is 0.416 e. The number of carbonyl (C=O) groups is 7. The number of ether oxygens (including phenoxy) is 1. The van der Waals surface area contributed by atoms with Gasteiger partial charge in [-0.05, 0) is 163 Å². The van der Waals surface area contributed by atoms with Gasteiger partial charge in [0.05, 0.1) is 59.1 Å². The molecule has 4 aromatic carbocycles. The molecule has 10 heterocycles. The predicted octanol–water partition coefficient (Wildman–Crippen LogP) is 12.4. The number of aliphatic hydroxyl groups excluding tert-OH is 1. The number of Topliss-reactive ketones (excluding diaryl/α,β-unsaturated/α-hetero) is 1. The molecule has 4 aromatic heterocycles. The second-order valence-electron chi connectivity index (χ2n) is 33.6. The molecule has 8 aromatic rings. The number of nitrogens with zero attached hydrogens (tertiary/aromatic N) is 14. The highest BCUT2D eigenvalue weighted by Crippen LogP contribution is 2.43. The Bertz CT molecular complexity index is 5630. The summed E-state index contributed by atoms with van der Waals surface area (Å²) in [6, 6.07) is 14.5. The fourth-order valence-electron chi connectivity index (χ4n) is 17.3. The largest absolute Gasteiger partial charge is 0.481 e. The van der Waals surface area contributed by atoms with E-state index in [0.29, 0.717) is 71.1 Å². The monoisotopic (exact) mass is 2030 g/mol. The molecule has 14 rings (SSSR count). The molecule has 0 saturated carbocycles. The average molecular weight is 2030 g/mol. The molecule has 0 radical (unpaired) electrons. The third-order valence-electron chi connectivity index (χ3n) is 24.3. The minimum absolute atomic E-state index is 0.0104. The van der Waals surface area contributed by atoms with E-state index in [-0.39, 0.29) is 168 Å². The molecule has 0 aliphatic carbocycles. The Morgan fingerprint density at radius 2 is 0.971 bits per heavy atom. The standard InChI is InChI=1S/C23H27ClF4N6O3.C22H23ClF4N6O3.C19H23FN4O2.C14H15ClF3NO3.C10H14FN5O2/c1-12(35)17(33-15-8-13(23(26,27)28)7-14(24)9-15)3-2-5-30-18-10-34(6-4-16(18)22(36)37)21-19(25)20(29)31-11-32-21;23-12-6-11(22(25,26)27)7-13(8-12)31-15-2-1-4-33(20(15)34)16-9-32(5-3-14(16)21(35)36)19-17(24)18(28)29-10-30-19;1-12(13-5-3-2-4-6-13)9-14-10-24(8-7-15(14)19(25)26)18-16(20)17(21)22-11-23-18;1-2-22-13(21)11-3-4-12(20)19(11)10-6-8(14(16,17)18)5-9(15)7-10;11-7-8(13)14-4-15-9(7)16-2-1-5(10(17)18)6(12)3-16/h7-9,11,16-18,30,33H,2-6,10H2,1H3,(H,36,37)(H2,29,31,32);6-8,10,14-16,31H,1-5,9H2,(H,35,36)(H2,28,29,30);2-6,11-12,14-15H,7-10H2,1H3,(H,25,26)(H2,21,22,23);5-7,11-12,20H,2-4H2,1H3;4-6H,1-3,12H2,(H,17,18)(H2,13,14,15)/t16?,17-,18+;14?,15-,16+;12-,14+,15?;11-,12?;5?,6-/m11110/s1. The van der Waals surface area contributed by atoms with E-state index in [2.05, 4.69) is 62.7 Å². The van der Waals surface area contributed by atoms with Crippen molar-refractivity contribution in [3.05, 3.63) is 171 Å². The molecule has 0 bridgehead atoms. The molecule has 6 aliphatic heterocycles. The molecule has 0 spiro atoms. The van der Waals surface area contributed by atoms with E-state index in [9.17, 15) is 111 Å². The van der Waals surface area contributed by atoms with E-state index in [0.717, 1.165) is 49.1 Å². The van der Waals surface area contributed by atoms with Crippen LogP contribution in [0.3, 0.4) is 0 Å². The molecule has 5 unspecified atom stereocenters. The Kier molecular flexibility index (Phi) is 37.3. The lowest BCUT2D eigenvalue weighted by atomic mass is 9.78. The third-order valence-corrected chi connectivity index (χ3v) is 24.9. The number of anilines is 11. The van der Waals surface area contributed by atoms with Gasteiger partial charge in [0.25, 0.3) is 0 Å². The number of hydrogen-bond donors (Lipinski definition) is 13. The average Bonchev–Trinajstić information content (AvgIpc) is 1.76. The first-order valence-corrected chi connectivity index (χ1v) is 44.8. The van der Waals surface area contributed by atoms with Gasteiger partial charge in [-0.25, -0.2) is 44.7 Å². The number of rotatable bonds is 25. The number of piperidine rings is 5. The van der Waals surface area contributed by atoms with Crippen LogP contribution in [0.4, 0.5) is 121 Å². The van der Waals surface area contributed by atoms with Gasteiger partial charge < -0.3 is 104 Å². The first-order valence-electron chi connectivity index (χ1n) is 43.6. The number of nitrogen functional groups attached to an aromatic ring is 4. The van der Waals surface area contributed by atoms with Crippen molar-refractivity contribution in [2.24, 2.45) is 35.3 Å². The van der Waals surface area contributed by atoms with Crippen LogP contribution in [-0.2, 0) is 56.8 Å². The number of aliphatic hydroxyl groups is 1. The quantitative estimate of drug-likeness (QED) is 0.0144. The lowest BCUT2D eigenvalue weighted by molar-refractivity contribution is -0.149. The van der Waals surface area contributed by atoms with E-state index in [1.54, 1.807) is 21.6 Å². The summed E-state index contributed by atoms with van der Waals surface area (Å²) < 4.78 is 179. The molecule has 754 valence electrons. The Labute approximate surface area is 801 Å². The summed E-state index contributed by atoms with van der Waals surface area (Å²) in [4.78, 5) is 123. The van der Waals surface area contributed by atoms with Crippen molar-refractivity contribution in [3.63, 3.8) is 0 Å². The summed E-state index contributed by atoms with van der Waals surface area (Å²) in [5.41, 5.74) is 26.2. The van der Waals surface area contributed by atoms with Crippen molar-refractivity contribution < 1.29 is 121 Å². The van der Waals surface area contributed by atoms with Crippen LogP contribution in [0.5, 0.6) is 0 Å². The second kappa shape index (κ2) is 47.8. The van der Waals surface area contributed by atoms with E-state index in [4.69, 9.17) is 73.3 Å². The lowest BCUT2D eigenvalue weighted by Crippen LogP contribution is -2.61. The maximum atomic E-state index is 14.6. The molecular weight excluding hydrogens is 1930 g/mol. The van der Waals surface area contributed by atoms with Crippen molar-refractivity contribution in [2.45, 2.75) is 158 Å². The number of aromatic nitrogens is 8. The number of amides is 1. The van der Waals surface area contributed by atoms with Crippen LogP contribution in [-0.4, -0.2) is 226 Å². The second-order valence-corrected chi connectivity index (χ2v) is 34.9. The highest BCUT2D eigenvalue weighted by atomic mass is 35.5. The van der Waals surface area contributed by atoms with Crippen LogP contribution in [0.1, 0.15) is 120 Å². The summed E-state index contributed by atoms with van der Waals surface area (Å²) in [5, 5.41) is 56.4. The number of carboxylic acid groups (broad SMARTS) is 4. The number of ketones is 1. The van der Waals surface area contributed by atoms with E-state index >= 15 is 0 Å². The minimum atomic E-state index is -4.62. The predicted molar refractivity (Wildman–Crippen MR) is 487 cm³/mol. The molecule has 1 amide bonds. The smallest absolute Gasteiger partial charge is 0.416 e. The van der Waals surface area contributed by atoms with Gasteiger partial charge in [0.15, 0.2) is 52.3 Å². The van der Waals surface area contributed by atoms with Crippen molar-refractivity contribution in [3.8, 4) is 0 Å². The maximum absolute atomic E-state index is 14.6. The SMILES string of the molecule is CC(=O)[C@@H](CCCN[C@H]1CN(c2ncnc(N)c2F)CCC1C(=O)O)Nc1cc(Cl)cc(C(F)(F)F)c1.CCOC(=O)[C@H]1CCC(O)N1c1cc(Cl)cc(C(F)(F)F)c1.C[C@H](C[C@H]1CN(c2ncnc(N)c2F)CCC1C(=O)O)c1ccccc1.Nc1ncnc(N2CCC(C(=O)O)[C@@H](N)C2)c1F.Nc1ncnc(N2CCC(C(=O)O)[C@@H](N3CCC[C@@H](Nc4cc(Cl)cc(C(F)(F)F)c4)C3=O)C2)c1F. The molecule has 35 nitrogen and oxygen atoms in total. The third kappa shape index (κ3) is 28.6. The highest BCUT2D eigenvalue weighted by molar-refractivity contribution is 6.31. The zero-order chi connectivity index (χ0) is 102. The molecule has 139 heavy (non-hydrogen) atoms. The van der Waals surface area contributed by atoms with Crippen molar-refractivity contribution in [1.82, 2.24) is 50.1 Å². The number of benzene rings is 4. The molecule has 13 atom stereocenters. The van der Waals surface area contributed by atoms with Crippen molar-refractivity contribution in [1.29, 1.82) is 0 Å². The van der Waals surface area contributed by atoms with Crippen LogP contribution in [0.2, 0.25) is 15.1 Å². The summed E-state index contributed by atoms with van der Waals surface area (Å²) in [6.07, 6.45) is -6.31. The number of hydrogen-bond acceptors (Lipinski definition) is 30. The molecule has 51 heteroatoms. The summed E-state index contributed by atoms with van der Waals surface area (Å²) in [7, 11) is 0. The van der Waals surface area contributed by atoms with E-state index < -0.39 is 160 Å². The Balaban J connectivity index is 0.000000183. The van der Waals surface area contributed by atoms with Crippen LogP contribution in [0.25, 0.3) is 0 Å². The van der Waals surface area contributed by atoms with Gasteiger partial charge >= 0.3 is 48.4 Å². The zero-order valence-electron chi connectivity index (χ0n) is 74.7. The molecule has 6 fully saturated rings. The van der Waals surface area contributed by atoms with Gasteiger partial charge in [0.1, 0.15) is 43.6 Å². The van der Waals surface area contributed by atoms with Gasteiger partial charge in [0.2, 0.25) is 29.2 Å². The van der Waals surface area contributed by atoms with Crippen molar-refractivity contribution in [2.75, 3.05) is 130 Å². The number of aliphatic carboxylic acids is 4. The van der Waals surface area contributed by atoms with Gasteiger partial charge in [-0.15, -0.1) is 0 Å². The van der Waals surface area contributed by atoms with Gasteiger partial charge in [-0.1, -0.05) is 72.1 Å². The number of nitrogens with two attached hydrogens (primary N) is 5. The molecule has 6 aliphatic rings. The van der Waals surface area contributed by atoms with E-state index in [1.165, 1.54) is 58.0 Å². The fourth-order valence-corrected chi connectivity index (χ4v) is 18.0. The van der Waals surface area contributed by atoms with Crippen LogP contribution < -0.4 is 69.1 Å². The first kappa shape index (κ1) is 108. The van der Waals surface area contributed by atoms with E-state index in [1.807, 2.05) is 30.3 Å². The minimum Gasteiger partial charge on any atom is -0.481 e. The van der Waals surface area contributed by atoms with Crippen LogP contribution in [0.15, 0.2) is 110 Å². The number of esters is 1. The topological polar surface area (TPSA) is 519 Å². The first-order chi connectivity index (χ1) is 65.5. The zero-order valence-corrected chi connectivity index (χ0v) is 76.9. The van der Waals surface area contributed by atoms with Crippen molar-refractivity contribution >= 4 is 140 Å². The Morgan fingerprint density at radius 1 is 0.532 bits per heavy atom. The number of carbonyl (C=O) groups excluding carboxylic acids is 3. The number of carboxylic acids is 4. The number of nitrogens with one attached hydrogen (secondary N) is 3. The summed E-state index contributed by atoms with van der Waals surface area (Å²) in [6.45, 7) is 7.80. The highest BCUT2D eigenvalue weighted by Gasteiger charge is 2.47. The number of halogens is 16. The molecule has 6 saturated heterocycles.